The molecule has 0 radical (unpaired) electrons. The third-order valence-electron chi connectivity index (χ3n) is 3.79. The van der Waals surface area contributed by atoms with Crippen LogP contribution in [-0.4, -0.2) is 21.5 Å². The SMILES string of the molecule is C[C@@H](CC(=O)OC(C)(C)C)c1nc(C2=CCc3ncccc32)cs1. The molecule has 0 bridgehead atoms. The van der Waals surface area contributed by atoms with Crippen molar-refractivity contribution in [1.29, 1.82) is 0 Å². The van der Waals surface area contributed by atoms with Crippen LogP contribution in [0.25, 0.3) is 5.57 Å². The fraction of sp³-hybridized carbons (Fsp3) is 0.421. The van der Waals surface area contributed by atoms with E-state index in [0.717, 1.165) is 34.0 Å². The maximum absolute atomic E-state index is 12.0. The predicted octanol–water partition coefficient (Wildman–Crippen LogP) is 4.36. The van der Waals surface area contributed by atoms with E-state index >= 15 is 0 Å². The molecule has 1 atom stereocenters. The lowest BCUT2D eigenvalue weighted by Gasteiger charge is -2.20. The van der Waals surface area contributed by atoms with Crippen molar-refractivity contribution in [2.45, 2.75) is 52.1 Å². The summed E-state index contributed by atoms with van der Waals surface area (Å²) < 4.78 is 5.40. The third-order valence-corrected chi connectivity index (χ3v) is 4.87. The molecular weight excluding hydrogens is 320 g/mol. The highest BCUT2D eigenvalue weighted by Crippen LogP contribution is 2.34. The normalized spacial score (nSPS) is 14.9. The van der Waals surface area contributed by atoms with E-state index in [0.29, 0.717) is 6.42 Å². The number of rotatable bonds is 4. The van der Waals surface area contributed by atoms with Crippen molar-refractivity contribution in [1.82, 2.24) is 9.97 Å². The summed E-state index contributed by atoms with van der Waals surface area (Å²) >= 11 is 1.60. The number of nitrogens with zero attached hydrogens (tertiary/aromatic N) is 2. The summed E-state index contributed by atoms with van der Waals surface area (Å²) in [6.07, 6.45) is 5.20. The Labute approximate surface area is 146 Å². The average Bonchev–Trinajstić information content (AvgIpc) is 3.11. The molecule has 1 aliphatic carbocycles. The zero-order valence-electron chi connectivity index (χ0n) is 14.5. The Morgan fingerprint density at radius 3 is 2.96 bits per heavy atom. The zero-order chi connectivity index (χ0) is 17.3. The van der Waals surface area contributed by atoms with Crippen molar-refractivity contribution < 1.29 is 9.53 Å². The molecule has 0 fully saturated rings. The van der Waals surface area contributed by atoms with Gasteiger partial charge < -0.3 is 4.74 Å². The van der Waals surface area contributed by atoms with Crippen molar-refractivity contribution in [2.75, 3.05) is 0 Å². The molecule has 0 spiro atoms. The van der Waals surface area contributed by atoms with Crippen LogP contribution in [0.15, 0.2) is 29.8 Å². The van der Waals surface area contributed by atoms with Crippen molar-refractivity contribution in [3.63, 3.8) is 0 Å². The van der Waals surface area contributed by atoms with Crippen LogP contribution in [0.1, 0.15) is 62.0 Å². The second-order valence-corrected chi connectivity index (χ2v) is 7.97. The average molecular weight is 342 g/mol. The first-order valence-corrected chi connectivity index (χ1v) is 9.03. The largest absolute Gasteiger partial charge is 0.460 e. The molecule has 0 aromatic carbocycles. The molecule has 126 valence electrons. The zero-order valence-corrected chi connectivity index (χ0v) is 15.3. The Morgan fingerprint density at radius 1 is 1.42 bits per heavy atom. The highest BCUT2D eigenvalue weighted by atomic mass is 32.1. The summed E-state index contributed by atoms with van der Waals surface area (Å²) in [4.78, 5) is 21.2. The van der Waals surface area contributed by atoms with Crippen LogP contribution in [0.5, 0.6) is 0 Å². The van der Waals surface area contributed by atoms with Gasteiger partial charge >= 0.3 is 5.97 Å². The molecule has 3 rings (SSSR count). The van der Waals surface area contributed by atoms with E-state index in [9.17, 15) is 4.79 Å². The lowest BCUT2D eigenvalue weighted by atomic mass is 10.1. The van der Waals surface area contributed by atoms with Gasteiger partial charge in [-0.2, -0.15) is 0 Å². The third kappa shape index (κ3) is 3.73. The van der Waals surface area contributed by atoms with E-state index in [-0.39, 0.29) is 11.9 Å². The number of hydrogen-bond donors (Lipinski definition) is 0. The van der Waals surface area contributed by atoms with Crippen molar-refractivity contribution in [3.8, 4) is 0 Å². The van der Waals surface area contributed by atoms with Gasteiger partial charge in [-0.3, -0.25) is 9.78 Å². The number of hydrogen-bond acceptors (Lipinski definition) is 5. The van der Waals surface area contributed by atoms with Crippen LogP contribution in [0.4, 0.5) is 0 Å². The Kier molecular flexibility index (Phi) is 4.54. The fourth-order valence-electron chi connectivity index (χ4n) is 2.76. The first-order valence-electron chi connectivity index (χ1n) is 8.15. The minimum absolute atomic E-state index is 0.0500. The van der Waals surface area contributed by atoms with Crippen LogP contribution < -0.4 is 0 Å². The minimum Gasteiger partial charge on any atom is -0.460 e. The smallest absolute Gasteiger partial charge is 0.307 e. The van der Waals surface area contributed by atoms with Gasteiger partial charge in [-0.15, -0.1) is 11.3 Å². The Balaban J connectivity index is 1.71. The maximum Gasteiger partial charge on any atom is 0.307 e. The number of carbonyl (C=O) groups excluding carboxylic acids is 1. The number of carbonyl (C=O) groups is 1. The topological polar surface area (TPSA) is 52.1 Å². The predicted molar refractivity (Wildman–Crippen MR) is 96.0 cm³/mol. The molecule has 2 aromatic heterocycles. The molecule has 0 N–H and O–H groups in total. The Bertz CT molecular complexity index is 787. The minimum atomic E-state index is -0.448. The van der Waals surface area contributed by atoms with Crippen LogP contribution >= 0.6 is 11.3 Å². The molecule has 5 heteroatoms. The van der Waals surface area contributed by atoms with Gasteiger partial charge in [0.2, 0.25) is 0 Å². The molecule has 2 aromatic rings. The molecule has 2 heterocycles. The van der Waals surface area contributed by atoms with Crippen molar-refractivity contribution in [2.24, 2.45) is 0 Å². The summed E-state index contributed by atoms with van der Waals surface area (Å²) in [5.74, 6) is -0.129. The molecule has 0 saturated heterocycles. The van der Waals surface area contributed by atoms with Crippen molar-refractivity contribution >= 4 is 22.9 Å². The molecular formula is C19H22N2O2S. The van der Waals surface area contributed by atoms with Gasteiger partial charge in [0.25, 0.3) is 0 Å². The monoisotopic (exact) mass is 342 g/mol. The van der Waals surface area contributed by atoms with Gasteiger partial charge in [-0.25, -0.2) is 4.98 Å². The number of thiazole rings is 1. The lowest BCUT2D eigenvalue weighted by Crippen LogP contribution is -2.24. The van der Waals surface area contributed by atoms with E-state index in [1.165, 1.54) is 0 Å². The van der Waals surface area contributed by atoms with Gasteiger partial charge in [0, 0.05) is 35.1 Å². The molecule has 0 unspecified atom stereocenters. The van der Waals surface area contributed by atoms with Crippen LogP contribution in [0.3, 0.4) is 0 Å². The first kappa shape index (κ1) is 16.8. The summed E-state index contributed by atoms with van der Waals surface area (Å²) in [5, 5.41) is 3.03. The molecule has 24 heavy (non-hydrogen) atoms. The van der Waals surface area contributed by atoms with Crippen LogP contribution in [-0.2, 0) is 16.0 Å². The van der Waals surface area contributed by atoms with E-state index in [1.807, 2.05) is 40.0 Å². The number of esters is 1. The van der Waals surface area contributed by atoms with Gasteiger partial charge in [0.1, 0.15) is 5.60 Å². The fourth-order valence-corrected chi connectivity index (χ4v) is 3.63. The number of aromatic nitrogens is 2. The molecule has 0 amide bonds. The Morgan fingerprint density at radius 2 is 2.21 bits per heavy atom. The molecule has 0 saturated carbocycles. The highest BCUT2D eigenvalue weighted by molar-refractivity contribution is 7.09. The second kappa shape index (κ2) is 6.48. The van der Waals surface area contributed by atoms with E-state index in [4.69, 9.17) is 9.72 Å². The summed E-state index contributed by atoms with van der Waals surface area (Å²) in [7, 11) is 0. The van der Waals surface area contributed by atoms with Gasteiger partial charge in [-0.1, -0.05) is 19.1 Å². The van der Waals surface area contributed by atoms with E-state index in [2.05, 4.69) is 22.5 Å². The van der Waals surface area contributed by atoms with Gasteiger partial charge in [0.05, 0.1) is 22.8 Å². The number of ether oxygens (including phenoxy) is 1. The van der Waals surface area contributed by atoms with Gasteiger partial charge in [0.15, 0.2) is 0 Å². The highest BCUT2D eigenvalue weighted by Gasteiger charge is 2.23. The van der Waals surface area contributed by atoms with Gasteiger partial charge in [-0.05, 0) is 26.8 Å². The number of pyridine rings is 1. The van der Waals surface area contributed by atoms with Crippen molar-refractivity contribution in [3.05, 3.63) is 51.7 Å². The molecule has 1 aliphatic rings. The van der Waals surface area contributed by atoms with Crippen LogP contribution in [0, 0.1) is 0 Å². The lowest BCUT2D eigenvalue weighted by molar-refractivity contribution is -0.155. The summed E-state index contributed by atoms with van der Waals surface area (Å²) in [6.45, 7) is 7.67. The molecule has 4 nitrogen and oxygen atoms in total. The Hall–Kier alpha value is -2.01. The van der Waals surface area contributed by atoms with E-state index in [1.54, 1.807) is 11.3 Å². The standard InChI is InChI=1S/C19H22N2O2S/c1-12(10-17(22)23-19(2,3)4)18-21-16(11-24-18)14-7-8-15-13(14)6-5-9-20-15/h5-7,9,11-12H,8,10H2,1-4H3/t12-/m0/s1. The number of allylic oxidation sites excluding steroid dienone is 1. The van der Waals surface area contributed by atoms with Crippen LogP contribution in [0.2, 0.25) is 0 Å². The maximum atomic E-state index is 12.0. The second-order valence-electron chi connectivity index (χ2n) is 7.08. The first-order chi connectivity index (χ1) is 11.3. The summed E-state index contributed by atoms with van der Waals surface area (Å²) in [6, 6.07) is 4.04. The van der Waals surface area contributed by atoms with E-state index < -0.39 is 5.60 Å². The quantitative estimate of drug-likeness (QED) is 0.775. The number of fused-ring (bicyclic) bond motifs is 1. The molecule has 0 aliphatic heterocycles. The summed E-state index contributed by atoms with van der Waals surface area (Å²) in [5.41, 5.74) is 3.93.